The Morgan fingerprint density at radius 1 is 1.06 bits per heavy atom. The summed E-state index contributed by atoms with van der Waals surface area (Å²) in [7, 11) is 1.79. The standard InChI is InChI=1S/C25H34ClN5O2/c1-18(2)27-11-12-28-24(32)16-30(23-10-9-22(26)13-19(23)3)17-25(33)29(4)31-14-20-7-5-6-8-21(20)15-31/h5-10,13,18,27H,11-12,14-17H2,1-4H3,(H,28,32). The van der Waals surface area contributed by atoms with Crippen LogP contribution < -0.4 is 15.5 Å². The van der Waals surface area contributed by atoms with Gasteiger partial charge in [-0.3, -0.25) is 14.6 Å². The maximum absolute atomic E-state index is 13.2. The van der Waals surface area contributed by atoms with E-state index < -0.39 is 0 Å². The van der Waals surface area contributed by atoms with Gasteiger partial charge in [0, 0.05) is 50.0 Å². The fraction of sp³-hybridized carbons (Fsp3) is 0.440. The Morgan fingerprint density at radius 2 is 1.73 bits per heavy atom. The Kier molecular flexibility index (Phi) is 8.72. The van der Waals surface area contributed by atoms with Crippen LogP contribution in [0.5, 0.6) is 0 Å². The molecule has 0 saturated carbocycles. The second-order valence-corrected chi connectivity index (χ2v) is 9.19. The molecule has 3 rings (SSSR count). The van der Waals surface area contributed by atoms with Crippen molar-refractivity contribution in [3.63, 3.8) is 0 Å². The number of carbonyl (C=O) groups is 2. The molecule has 0 saturated heterocycles. The molecule has 0 fully saturated rings. The number of fused-ring (bicyclic) bond motifs is 1. The highest BCUT2D eigenvalue weighted by Crippen LogP contribution is 2.25. The van der Waals surface area contributed by atoms with Crippen LogP contribution in [0.3, 0.4) is 0 Å². The minimum atomic E-state index is -0.126. The molecule has 1 aliphatic heterocycles. The van der Waals surface area contributed by atoms with E-state index in [1.807, 2.05) is 41.1 Å². The first-order chi connectivity index (χ1) is 15.7. The second-order valence-electron chi connectivity index (χ2n) is 8.75. The summed E-state index contributed by atoms with van der Waals surface area (Å²) in [6.07, 6.45) is 0. The predicted octanol–water partition coefficient (Wildman–Crippen LogP) is 2.96. The zero-order chi connectivity index (χ0) is 24.0. The molecule has 1 aliphatic rings. The summed E-state index contributed by atoms with van der Waals surface area (Å²) in [6.45, 7) is 8.85. The van der Waals surface area contributed by atoms with Gasteiger partial charge < -0.3 is 15.5 Å². The lowest BCUT2D eigenvalue weighted by Crippen LogP contribution is -2.48. The van der Waals surface area contributed by atoms with E-state index in [0.29, 0.717) is 37.2 Å². The van der Waals surface area contributed by atoms with Crippen LogP contribution >= 0.6 is 11.6 Å². The van der Waals surface area contributed by atoms with Gasteiger partial charge in [0.1, 0.15) is 0 Å². The lowest BCUT2D eigenvalue weighted by atomic mass is 10.1. The molecule has 0 atom stereocenters. The van der Waals surface area contributed by atoms with Gasteiger partial charge in [0.2, 0.25) is 5.91 Å². The quantitative estimate of drug-likeness (QED) is 0.521. The van der Waals surface area contributed by atoms with Crippen molar-refractivity contribution in [3.05, 3.63) is 64.2 Å². The molecule has 33 heavy (non-hydrogen) atoms. The lowest BCUT2D eigenvalue weighted by molar-refractivity contribution is -0.145. The van der Waals surface area contributed by atoms with E-state index in [0.717, 1.165) is 11.3 Å². The van der Waals surface area contributed by atoms with E-state index in [1.54, 1.807) is 18.1 Å². The van der Waals surface area contributed by atoms with E-state index >= 15 is 0 Å². The molecule has 1 heterocycles. The molecule has 0 aliphatic carbocycles. The molecule has 7 nitrogen and oxygen atoms in total. The van der Waals surface area contributed by atoms with Crippen LogP contribution in [0.1, 0.15) is 30.5 Å². The van der Waals surface area contributed by atoms with Gasteiger partial charge in [-0.15, -0.1) is 0 Å². The highest BCUT2D eigenvalue weighted by molar-refractivity contribution is 6.30. The number of anilines is 1. The van der Waals surface area contributed by atoms with Crippen LogP contribution in [-0.2, 0) is 22.7 Å². The van der Waals surface area contributed by atoms with E-state index in [4.69, 9.17) is 11.6 Å². The number of hydrogen-bond donors (Lipinski definition) is 2. The van der Waals surface area contributed by atoms with Crippen molar-refractivity contribution in [1.82, 2.24) is 20.7 Å². The normalized spacial score (nSPS) is 13.2. The first-order valence-corrected chi connectivity index (χ1v) is 11.7. The van der Waals surface area contributed by atoms with Gasteiger partial charge in [-0.25, -0.2) is 5.01 Å². The maximum atomic E-state index is 13.2. The lowest BCUT2D eigenvalue weighted by Gasteiger charge is -2.32. The minimum absolute atomic E-state index is 0.0774. The molecule has 0 bridgehead atoms. The zero-order valence-corrected chi connectivity index (χ0v) is 20.7. The van der Waals surface area contributed by atoms with E-state index in [-0.39, 0.29) is 24.9 Å². The summed E-state index contributed by atoms with van der Waals surface area (Å²) >= 11 is 6.14. The van der Waals surface area contributed by atoms with Gasteiger partial charge in [-0.2, -0.15) is 0 Å². The molecule has 2 aromatic rings. The average Bonchev–Trinajstić information content (AvgIpc) is 3.20. The number of nitrogens with one attached hydrogen (secondary N) is 2. The summed E-state index contributed by atoms with van der Waals surface area (Å²) in [5, 5.41) is 10.5. The molecule has 8 heteroatoms. The molecule has 2 amide bonds. The van der Waals surface area contributed by atoms with Crippen LogP contribution in [0.4, 0.5) is 5.69 Å². The summed E-state index contributed by atoms with van der Waals surface area (Å²) in [4.78, 5) is 27.7. The topological polar surface area (TPSA) is 67.9 Å². The molecular formula is C25H34ClN5O2. The summed E-state index contributed by atoms with van der Waals surface area (Å²) in [5.74, 6) is -0.203. The molecule has 2 N–H and O–H groups in total. The van der Waals surface area contributed by atoms with Gasteiger partial charge in [-0.05, 0) is 41.8 Å². The molecule has 2 aromatic carbocycles. The zero-order valence-electron chi connectivity index (χ0n) is 19.9. The Hall–Kier alpha value is -2.61. The van der Waals surface area contributed by atoms with Gasteiger partial charge in [0.05, 0.1) is 13.1 Å². The molecule has 0 spiro atoms. The predicted molar refractivity (Wildman–Crippen MR) is 133 cm³/mol. The molecule has 0 aromatic heterocycles. The third-order valence-corrected chi connectivity index (χ3v) is 6.00. The Bertz CT molecular complexity index is 956. The Morgan fingerprint density at radius 3 is 2.33 bits per heavy atom. The van der Waals surface area contributed by atoms with Crippen molar-refractivity contribution in [1.29, 1.82) is 0 Å². The fourth-order valence-corrected chi connectivity index (χ4v) is 4.17. The smallest absolute Gasteiger partial charge is 0.256 e. The van der Waals surface area contributed by atoms with Crippen LogP contribution in [0.2, 0.25) is 5.02 Å². The van der Waals surface area contributed by atoms with E-state index in [2.05, 4.69) is 36.6 Å². The van der Waals surface area contributed by atoms with Crippen LogP contribution in [-0.4, -0.2) is 61.1 Å². The summed E-state index contributed by atoms with van der Waals surface area (Å²) in [6, 6.07) is 14.1. The van der Waals surface area contributed by atoms with Gasteiger partial charge in [0.25, 0.3) is 5.91 Å². The van der Waals surface area contributed by atoms with Crippen molar-refractivity contribution in [2.75, 3.05) is 38.1 Å². The number of hydrazine groups is 1. The summed E-state index contributed by atoms with van der Waals surface area (Å²) in [5.41, 5.74) is 4.20. The Balaban J connectivity index is 1.67. The van der Waals surface area contributed by atoms with E-state index in [9.17, 15) is 9.59 Å². The van der Waals surface area contributed by atoms with E-state index in [1.165, 1.54) is 11.1 Å². The van der Waals surface area contributed by atoms with Crippen molar-refractivity contribution in [3.8, 4) is 0 Å². The highest BCUT2D eigenvalue weighted by Gasteiger charge is 2.27. The first-order valence-electron chi connectivity index (χ1n) is 11.3. The monoisotopic (exact) mass is 471 g/mol. The fourth-order valence-electron chi connectivity index (χ4n) is 3.94. The SMILES string of the molecule is Cc1cc(Cl)ccc1N(CC(=O)NCCNC(C)C)CC(=O)N(C)N1Cc2ccccc2C1. The van der Waals surface area contributed by atoms with Crippen molar-refractivity contribution < 1.29 is 9.59 Å². The second kappa shape index (κ2) is 11.5. The van der Waals surface area contributed by atoms with Gasteiger partial charge in [0.15, 0.2) is 0 Å². The molecule has 0 unspecified atom stereocenters. The number of carbonyl (C=O) groups excluding carboxylic acids is 2. The first kappa shape index (κ1) is 25.0. The number of hydrogen-bond acceptors (Lipinski definition) is 5. The number of amides is 2. The molecule has 0 radical (unpaired) electrons. The third-order valence-electron chi connectivity index (χ3n) is 5.77. The number of likely N-dealkylation sites (N-methyl/N-ethyl adjacent to an activating group) is 1. The minimum Gasteiger partial charge on any atom is -0.353 e. The number of nitrogens with zero attached hydrogens (tertiary/aromatic N) is 3. The summed E-state index contributed by atoms with van der Waals surface area (Å²) < 4.78 is 0. The van der Waals surface area contributed by atoms with Crippen LogP contribution in [0.15, 0.2) is 42.5 Å². The van der Waals surface area contributed by atoms with Gasteiger partial charge in [-0.1, -0.05) is 49.7 Å². The van der Waals surface area contributed by atoms with Gasteiger partial charge >= 0.3 is 0 Å². The Labute approximate surface area is 201 Å². The largest absolute Gasteiger partial charge is 0.353 e. The third kappa shape index (κ3) is 6.93. The highest BCUT2D eigenvalue weighted by atomic mass is 35.5. The number of benzene rings is 2. The van der Waals surface area contributed by atoms with Crippen LogP contribution in [0, 0.1) is 6.92 Å². The molecule has 178 valence electrons. The average molecular weight is 472 g/mol. The number of halogens is 1. The number of aryl methyl sites for hydroxylation is 1. The van der Waals surface area contributed by atoms with Crippen molar-refractivity contribution >= 4 is 29.1 Å². The maximum Gasteiger partial charge on any atom is 0.256 e. The van der Waals surface area contributed by atoms with Crippen molar-refractivity contribution in [2.45, 2.75) is 39.9 Å². The molecular weight excluding hydrogens is 438 g/mol. The van der Waals surface area contributed by atoms with Crippen molar-refractivity contribution in [2.24, 2.45) is 0 Å². The number of rotatable bonds is 10. The van der Waals surface area contributed by atoms with Crippen LogP contribution in [0.25, 0.3) is 0 Å².